The number of carbonyl (C=O) groups is 1. The molecule has 15 heavy (non-hydrogen) atoms. The zero-order chi connectivity index (χ0) is 12.1. The number of hydrogen-bond donors (Lipinski definition) is 2. The summed E-state index contributed by atoms with van der Waals surface area (Å²) in [6.07, 6.45) is 0.406. The fourth-order valence-electron chi connectivity index (χ4n) is 0.981. The number of carbonyl (C=O) groups excluding carboxylic acids is 1. The van der Waals surface area contributed by atoms with Gasteiger partial charge in [-0.2, -0.15) is 5.48 Å². The van der Waals surface area contributed by atoms with Gasteiger partial charge in [0.1, 0.15) is 6.04 Å². The highest BCUT2D eigenvalue weighted by Crippen LogP contribution is 2.47. The quantitative estimate of drug-likeness (QED) is 0.554. The van der Waals surface area contributed by atoms with E-state index in [1.54, 1.807) is 0 Å². The number of halogens is 1. The Morgan fingerprint density at radius 1 is 1.60 bits per heavy atom. The molecule has 0 rings (SSSR count). The van der Waals surface area contributed by atoms with Crippen molar-refractivity contribution in [1.29, 1.82) is 0 Å². The molecule has 0 aliphatic heterocycles. The van der Waals surface area contributed by atoms with E-state index in [0.717, 1.165) is 0 Å². The lowest BCUT2D eigenvalue weighted by Gasteiger charge is -2.17. The van der Waals surface area contributed by atoms with Crippen molar-refractivity contribution in [1.82, 2.24) is 5.48 Å². The average molecular weight is 260 g/mol. The third kappa shape index (κ3) is 7.76. The van der Waals surface area contributed by atoms with Crippen molar-refractivity contribution in [3.63, 3.8) is 0 Å². The molecule has 8 heteroatoms. The smallest absolute Gasteiger partial charge is 0.379 e. The molecule has 0 heterocycles. The van der Waals surface area contributed by atoms with E-state index in [4.69, 9.17) is 16.1 Å². The molecular formula is C7H15ClNO5P. The minimum Gasteiger partial charge on any atom is -0.379 e. The lowest BCUT2D eigenvalue weighted by Crippen LogP contribution is -2.37. The van der Waals surface area contributed by atoms with Crippen molar-refractivity contribution >= 4 is 24.2 Å². The first-order valence-electron chi connectivity index (χ1n) is 4.30. The zero-order valence-electron chi connectivity index (χ0n) is 8.77. The number of hydrogen-bond acceptors (Lipinski definition) is 5. The highest BCUT2D eigenvalue weighted by molar-refractivity contribution is 7.80. The van der Waals surface area contributed by atoms with Crippen LogP contribution >= 0.6 is 18.2 Å². The summed E-state index contributed by atoms with van der Waals surface area (Å²) < 4.78 is 14.8. The van der Waals surface area contributed by atoms with Crippen LogP contribution in [0, 0.1) is 5.92 Å². The maximum absolute atomic E-state index is 11.3. The lowest BCUT2D eigenvalue weighted by molar-refractivity contribution is -0.141. The molecule has 0 aromatic rings. The molecule has 6 nitrogen and oxygen atoms in total. The van der Waals surface area contributed by atoms with Crippen LogP contribution in [-0.2, 0) is 18.7 Å². The molecule has 0 aliphatic carbocycles. The second kappa shape index (κ2) is 6.45. The molecule has 0 amide bonds. The monoisotopic (exact) mass is 259 g/mol. The van der Waals surface area contributed by atoms with Gasteiger partial charge < -0.3 is 14.3 Å². The largest absolute Gasteiger partial charge is 0.476 e. The summed E-state index contributed by atoms with van der Waals surface area (Å²) in [5.74, 6) is -0.718. The molecule has 0 spiro atoms. The Balaban J connectivity index is 4.35. The maximum atomic E-state index is 11.3. The van der Waals surface area contributed by atoms with Crippen LogP contribution in [0.25, 0.3) is 0 Å². The van der Waals surface area contributed by atoms with Crippen LogP contribution < -0.4 is 5.48 Å². The molecule has 2 N–H and O–H groups in total. The van der Waals surface area contributed by atoms with Gasteiger partial charge in [-0.1, -0.05) is 13.8 Å². The Morgan fingerprint density at radius 2 is 2.13 bits per heavy atom. The molecule has 0 saturated carbocycles. The summed E-state index contributed by atoms with van der Waals surface area (Å²) in [4.78, 5) is 24.5. The summed E-state index contributed by atoms with van der Waals surface area (Å²) in [6.45, 7) is -0.544. The Morgan fingerprint density at radius 3 is 2.47 bits per heavy atom. The van der Waals surface area contributed by atoms with Gasteiger partial charge in [-0.15, -0.1) is 0 Å². The Labute approximate surface area is 93.2 Å². The number of hydroxylamine groups is 1. The van der Waals surface area contributed by atoms with Crippen molar-refractivity contribution in [3.8, 4) is 0 Å². The zero-order valence-corrected chi connectivity index (χ0v) is 10.4. The van der Waals surface area contributed by atoms with Gasteiger partial charge >= 0.3 is 12.9 Å². The van der Waals surface area contributed by atoms with E-state index in [2.05, 4.69) is 14.8 Å². The molecule has 90 valence electrons. The predicted octanol–water partition coefficient (Wildman–Crippen LogP) is 1.43. The maximum Gasteiger partial charge on any atom is 0.476 e. The van der Waals surface area contributed by atoms with Crippen molar-refractivity contribution in [2.75, 3.05) is 7.11 Å². The summed E-state index contributed by atoms with van der Waals surface area (Å²) in [7, 11) is 1.33. The van der Waals surface area contributed by atoms with Crippen LogP contribution in [0.15, 0.2) is 0 Å². The number of rotatable bonds is 6. The van der Waals surface area contributed by atoms with Crippen molar-refractivity contribution in [2.45, 2.75) is 26.3 Å². The SMILES string of the molecule is CON[C@@H](CC(C)C)C(=O)OP(=O)(O)Cl. The summed E-state index contributed by atoms with van der Waals surface area (Å²) in [5, 5.41) is 0. The van der Waals surface area contributed by atoms with Gasteiger partial charge in [-0.3, -0.25) is 0 Å². The third-order valence-corrected chi connectivity index (χ3v) is 2.07. The second-order valence-corrected chi connectivity index (χ2v) is 5.73. The van der Waals surface area contributed by atoms with E-state index in [9.17, 15) is 9.36 Å². The van der Waals surface area contributed by atoms with Crippen LogP contribution in [0.2, 0.25) is 0 Å². The fraction of sp³-hybridized carbons (Fsp3) is 0.857. The molecule has 0 saturated heterocycles. The summed E-state index contributed by atoms with van der Waals surface area (Å²) in [5.41, 5.74) is 2.37. The molecular weight excluding hydrogens is 245 g/mol. The minimum atomic E-state index is -4.32. The lowest BCUT2D eigenvalue weighted by atomic mass is 10.1. The number of nitrogens with one attached hydrogen (secondary N) is 1. The van der Waals surface area contributed by atoms with Gasteiger partial charge in [-0.05, 0) is 12.3 Å². The molecule has 0 fully saturated rings. The van der Waals surface area contributed by atoms with Crippen molar-refractivity contribution < 1.29 is 23.6 Å². The highest BCUT2D eigenvalue weighted by atomic mass is 35.7. The van der Waals surface area contributed by atoms with E-state index in [0.29, 0.717) is 6.42 Å². The van der Waals surface area contributed by atoms with Gasteiger partial charge in [-0.25, -0.2) is 9.36 Å². The van der Waals surface area contributed by atoms with Crippen LogP contribution in [0.1, 0.15) is 20.3 Å². The molecule has 0 radical (unpaired) electrons. The van der Waals surface area contributed by atoms with Crippen LogP contribution in [0.5, 0.6) is 0 Å². The molecule has 0 aromatic carbocycles. The van der Waals surface area contributed by atoms with Gasteiger partial charge in [0, 0.05) is 11.2 Å². The van der Waals surface area contributed by atoms with Gasteiger partial charge in [0.25, 0.3) is 0 Å². The van der Waals surface area contributed by atoms with E-state index in [1.807, 2.05) is 13.8 Å². The third-order valence-electron chi connectivity index (χ3n) is 1.45. The fourth-order valence-corrected chi connectivity index (χ4v) is 1.53. The second-order valence-electron chi connectivity index (χ2n) is 3.37. The minimum absolute atomic E-state index is 0.193. The summed E-state index contributed by atoms with van der Waals surface area (Å²) in [6, 6.07) is -0.811. The first-order valence-corrected chi connectivity index (χ1v) is 6.79. The molecule has 2 atom stereocenters. The van der Waals surface area contributed by atoms with E-state index >= 15 is 0 Å². The topological polar surface area (TPSA) is 84.9 Å². The molecule has 0 bridgehead atoms. The standard InChI is InChI=1S/C7H15ClNO5P/c1-5(2)4-6(9-13-3)7(10)14-15(8,11)12/h5-6,9H,4H2,1-3H3,(H,11,12)/t6-/m0/s1. The molecule has 0 aromatic heterocycles. The Bertz CT molecular complexity index is 254. The molecule has 1 unspecified atom stereocenters. The van der Waals surface area contributed by atoms with Crippen molar-refractivity contribution in [3.05, 3.63) is 0 Å². The molecule has 0 aliphatic rings. The van der Waals surface area contributed by atoms with Crippen LogP contribution in [0.3, 0.4) is 0 Å². The van der Waals surface area contributed by atoms with Crippen LogP contribution in [-0.4, -0.2) is 24.0 Å². The van der Waals surface area contributed by atoms with Gasteiger partial charge in [0.05, 0.1) is 7.11 Å². The normalized spacial score (nSPS) is 17.2. The Kier molecular flexibility index (Phi) is 6.40. The predicted molar refractivity (Wildman–Crippen MR) is 55.2 cm³/mol. The van der Waals surface area contributed by atoms with E-state index in [1.165, 1.54) is 7.11 Å². The van der Waals surface area contributed by atoms with Gasteiger partial charge in [0.15, 0.2) is 0 Å². The van der Waals surface area contributed by atoms with Crippen molar-refractivity contribution in [2.24, 2.45) is 5.92 Å². The van der Waals surface area contributed by atoms with Gasteiger partial charge in [0.2, 0.25) is 0 Å². The first-order chi connectivity index (χ1) is 6.76. The summed E-state index contributed by atoms with van der Waals surface area (Å²) >= 11 is 4.91. The highest BCUT2D eigenvalue weighted by Gasteiger charge is 2.28. The van der Waals surface area contributed by atoms with E-state index < -0.39 is 19.0 Å². The van der Waals surface area contributed by atoms with Crippen LogP contribution in [0.4, 0.5) is 0 Å². The first kappa shape index (κ1) is 14.9. The average Bonchev–Trinajstić information content (AvgIpc) is 1.99. The van der Waals surface area contributed by atoms with E-state index in [-0.39, 0.29) is 5.92 Å². The Hall–Kier alpha value is -0.130.